The maximum Gasteiger partial charge on any atom is 0.224 e. The number of amides is 1. The van der Waals surface area contributed by atoms with E-state index in [4.69, 9.17) is 5.73 Å². The molecule has 0 atom stereocenters. The van der Waals surface area contributed by atoms with Gasteiger partial charge in [-0.25, -0.2) is 0 Å². The van der Waals surface area contributed by atoms with Crippen LogP contribution in [0.25, 0.3) is 10.9 Å². The van der Waals surface area contributed by atoms with Crippen LogP contribution >= 0.6 is 0 Å². The lowest BCUT2D eigenvalue weighted by Gasteiger charge is -2.08. The monoisotopic (exact) mass is 257 g/mol. The first kappa shape index (κ1) is 13.5. The van der Waals surface area contributed by atoms with Crippen LogP contribution in [0.4, 0.5) is 5.69 Å². The van der Waals surface area contributed by atoms with E-state index in [-0.39, 0.29) is 5.91 Å². The fourth-order valence-electron chi connectivity index (χ4n) is 1.99. The molecule has 100 valence electrons. The molecule has 0 saturated heterocycles. The van der Waals surface area contributed by atoms with E-state index in [1.165, 1.54) is 0 Å². The predicted octanol–water partition coefficient (Wildman–Crippen LogP) is 2.61. The summed E-state index contributed by atoms with van der Waals surface area (Å²) >= 11 is 0. The molecule has 3 N–H and O–H groups in total. The van der Waals surface area contributed by atoms with Crippen molar-refractivity contribution in [3.05, 3.63) is 36.0 Å². The minimum atomic E-state index is 0.0178. The van der Waals surface area contributed by atoms with Gasteiger partial charge in [0.05, 0.1) is 11.2 Å². The van der Waals surface area contributed by atoms with Gasteiger partial charge in [0.15, 0.2) is 0 Å². The lowest BCUT2D eigenvalue weighted by molar-refractivity contribution is -0.116. The highest BCUT2D eigenvalue weighted by Crippen LogP contribution is 2.21. The Bertz CT molecular complexity index is 581. The number of carbonyl (C=O) groups excluding carboxylic acids is 1. The van der Waals surface area contributed by atoms with Crippen LogP contribution in [-0.2, 0) is 4.79 Å². The summed E-state index contributed by atoms with van der Waals surface area (Å²) in [6.45, 7) is 2.57. The number of nitrogens with two attached hydrogens (primary N) is 1. The number of hydrogen-bond acceptors (Lipinski definition) is 3. The minimum Gasteiger partial charge on any atom is -0.330 e. The molecular weight excluding hydrogens is 238 g/mol. The molecule has 1 amide bonds. The highest BCUT2D eigenvalue weighted by Gasteiger charge is 2.06. The third-order valence-electron chi connectivity index (χ3n) is 2.99. The Morgan fingerprint density at radius 3 is 2.89 bits per heavy atom. The largest absolute Gasteiger partial charge is 0.330 e. The number of aryl methyl sites for hydroxylation is 1. The van der Waals surface area contributed by atoms with Crippen molar-refractivity contribution in [2.24, 2.45) is 5.73 Å². The standard InChI is InChI=1S/C15H19N3O/c1-11-8-9-12-5-4-6-13(15(12)17-11)18-14(19)7-2-3-10-16/h4-6,8-9H,2-3,7,10,16H2,1H3,(H,18,19). The number of aromatic nitrogens is 1. The third-order valence-corrected chi connectivity index (χ3v) is 2.99. The van der Waals surface area contributed by atoms with Crippen LogP contribution < -0.4 is 11.1 Å². The second kappa shape index (κ2) is 6.29. The number of anilines is 1. The molecule has 4 nitrogen and oxygen atoms in total. The molecule has 2 aromatic rings. The number of unbranched alkanes of at least 4 members (excludes halogenated alkanes) is 1. The molecule has 0 radical (unpaired) electrons. The zero-order valence-electron chi connectivity index (χ0n) is 11.1. The average Bonchev–Trinajstić information content (AvgIpc) is 2.40. The maximum atomic E-state index is 11.8. The molecule has 4 heteroatoms. The van der Waals surface area contributed by atoms with Crippen LogP contribution in [0.2, 0.25) is 0 Å². The van der Waals surface area contributed by atoms with Gasteiger partial charge in [-0.3, -0.25) is 9.78 Å². The first-order chi connectivity index (χ1) is 9.20. The van der Waals surface area contributed by atoms with Gasteiger partial charge in [0.25, 0.3) is 0 Å². The SMILES string of the molecule is Cc1ccc2cccc(NC(=O)CCCCN)c2n1. The molecule has 0 aliphatic carbocycles. The van der Waals surface area contributed by atoms with Crippen LogP contribution in [0.5, 0.6) is 0 Å². The van der Waals surface area contributed by atoms with E-state index >= 15 is 0 Å². The molecule has 1 aromatic heterocycles. The fraction of sp³-hybridized carbons (Fsp3) is 0.333. The third kappa shape index (κ3) is 3.51. The van der Waals surface area contributed by atoms with Crippen molar-refractivity contribution < 1.29 is 4.79 Å². The van der Waals surface area contributed by atoms with E-state index in [1.807, 2.05) is 37.3 Å². The minimum absolute atomic E-state index is 0.0178. The predicted molar refractivity (Wildman–Crippen MR) is 78.0 cm³/mol. The highest BCUT2D eigenvalue weighted by atomic mass is 16.1. The Balaban J connectivity index is 2.16. The van der Waals surface area contributed by atoms with Gasteiger partial charge < -0.3 is 11.1 Å². The molecule has 0 fully saturated rings. The molecule has 1 heterocycles. The number of pyridine rings is 1. The Labute approximate surface area is 113 Å². The smallest absolute Gasteiger partial charge is 0.224 e. The molecule has 0 aliphatic rings. The zero-order valence-corrected chi connectivity index (χ0v) is 11.1. The molecule has 19 heavy (non-hydrogen) atoms. The van der Waals surface area contributed by atoms with Crippen molar-refractivity contribution in [1.82, 2.24) is 4.98 Å². The van der Waals surface area contributed by atoms with E-state index in [2.05, 4.69) is 10.3 Å². The molecule has 1 aromatic carbocycles. The molecule has 0 saturated carbocycles. The van der Waals surface area contributed by atoms with Crippen molar-refractivity contribution >= 4 is 22.5 Å². The first-order valence-corrected chi connectivity index (χ1v) is 6.57. The molecule has 0 unspecified atom stereocenters. The van der Waals surface area contributed by atoms with Crippen LogP contribution in [-0.4, -0.2) is 17.4 Å². The number of carbonyl (C=O) groups is 1. The Morgan fingerprint density at radius 2 is 2.11 bits per heavy atom. The summed E-state index contributed by atoms with van der Waals surface area (Å²) in [5.74, 6) is 0.0178. The number of nitrogens with zero attached hydrogens (tertiary/aromatic N) is 1. The second-order valence-corrected chi connectivity index (χ2v) is 4.62. The van der Waals surface area contributed by atoms with E-state index in [9.17, 15) is 4.79 Å². The Hall–Kier alpha value is -1.94. The van der Waals surface area contributed by atoms with Crippen LogP contribution in [0.3, 0.4) is 0 Å². The van der Waals surface area contributed by atoms with Gasteiger partial charge in [-0.15, -0.1) is 0 Å². The van der Waals surface area contributed by atoms with Crippen molar-refractivity contribution in [1.29, 1.82) is 0 Å². The average molecular weight is 257 g/mol. The summed E-state index contributed by atoms with van der Waals surface area (Å²) in [7, 11) is 0. The summed E-state index contributed by atoms with van der Waals surface area (Å²) in [6.07, 6.45) is 2.19. The van der Waals surface area contributed by atoms with Gasteiger partial charge in [0.1, 0.15) is 0 Å². The Kier molecular flexibility index (Phi) is 4.47. The van der Waals surface area contributed by atoms with Gasteiger partial charge in [-0.1, -0.05) is 18.2 Å². The fourth-order valence-corrected chi connectivity index (χ4v) is 1.99. The van der Waals surface area contributed by atoms with E-state index in [0.717, 1.165) is 35.1 Å². The van der Waals surface area contributed by atoms with Crippen LogP contribution in [0.1, 0.15) is 25.0 Å². The highest BCUT2D eigenvalue weighted by molar-refractivity contribution is 6.00. The summed E-state index contributed by atoms with van der Waals surface area (Å²) in [5.41, 5.74) is 7.98. The lowest BCUT2D eigenvalue weighted by Crippen LogP contribution is -2.12. The summed E-state index contributed by atoms with van der Waals surface area (Å²) in [4.78, 5) is 16.3. The van der Waals surface area contributed by atoms with Crippen LogP contribution in [0, 0.1) is 6.92 Å². The van der Waals surface area contributed by atoms with Crippen molar-refractivity contribution in [2.45, 2.75) is 26.2 Å². The van der Waals surface area contributed by atoms with Gasteiger partial charge in [-0.2, -0.15) is 0 Å². The molecular formula is C15H19N3O. The summed E-state index contributed by atoms with van der Waals surface area (Å²) in [5, 5.41) is 3.96. The lowest BCUT2D eigenvalue weighted by atomic mass is 10.1. The molecule has 0 spiro atoms. The van der Waals surface area contributed by atoms with E-state index in [1.54, 1.807) is 0 Å². The molecule has 0 aliphatic heterocycles. The topological polar surface area (TPSA) is 68.0 Å². The van der Waals surface area contributed by atoms with Crippen LogP contribution in [0.15, 0.2) is 30.3 Å². The van der Waals surface area contributed by atoms with E-state index in [0.29, 0.717) is 13.0 Å². The van der Waals surface area contributed by atoms with Gasteiger partial charge in [0.2, 0.25) is 5.91 Å². The quantitative estimate of drug-likeness (QED) is 0.809. The normalized spacial score (nSPS) is 10.6. The van der Waals surface area contributed by atoms with Crippen molar-refractivity contribution in [3.8, 4) is 0 Å². The molecule has 2 rings (SSSR count). The maximum absolute atomic E-state index is 11.8. The van der Waals surface area contributed by atoms with Gasteiger partial charge >= 0.3 is 0 Å². The van der Waals surface area contributed by atoms with Gasteiger partial charge in [-0.05, 0) is 38.4 Å². The second-order valence-electron chi connectivity index (χ2n) is 4.62. The molecule has 0 bridgehead atoms. The number of para-hydroxylation sites is 1. The van der Waals surface area contributed by atoms with E-state index < -0.39 is 0 Å². The van der Waals surface area contributed by atoms with Gasteiger partial charge in [0, 0.05) is 17.5 Å². The number of fused-ring (bicyclic) bond motifs is 1. The van der Waals surface area contributed by atoms with Crippen molar-refractivity contribution in [3.63, 3.8) is 0 Å². The number of benzene rings is 1. The Morgan fingerprint density at radius 1 is 1.26 bits per heavy atom. The summed E-state index contributed by atoms with van der Waals surface area (Å²) in [6, 6.07) is 9.78. The first-order valence-electron chi connectivity index (χ1n) is 6.57. The zero-order chi connectivity index (χ0) is 13.7. The summed E-state index contributed by atoms with van der Waals surface area (Å²) < 4.78 is 0. The number of nitrogens with one attached hydrogen (secondary N) is 1. The number of hydrogen-bond donors (Lipinski definition) is 2. The number of rotatable bonds is 5. The van der Waals surface area contributed by atoms with Crippen molar-refractivity contribution in [2.75, 3.05) is 11.9 Å².